The normalized spacial score (nSPS) is 11.4. The van der Waals surface area contributed by atoms with Crippen LogP contribution in [-0.4, -0.2) is 30.8 Å². The molecule has 0 atom stereocenters. The fraction of sp³-hybridized carbons (Fsp3) is 0.333. The van der Waals surface area contributed by atoms with Crippen molar-refractivity contribution < 1.29 is 31.9 Å². The minimum absolute atomic E-state index is 0.0907. The maximum Gasteiger partial charge on any atom is 0.343 e. The van der Waals surface area contributed by atoms with Gasteiger partial charge in [0.2, 0.25) is 5.78 Å². The molecule has 0 aliphatic heterocycles. The van der Waals surface area contributed by atoms with Gasteiger partial charge in [-0.1, -0.05) is 0 Å². The van der Waals surface area contributed by atoms with Gasteiger partial charge in [0.15, 0.2) is 23.3 Å². The largest absolute Gasteiger partial charge is 0.462 e. The minimum Gasteiger partial charge on any atom is -0.462 e. The molecule has 1 rings (SSSR count). The van der Waals surface area contributed by atoms with Gasteiger partial charge in [0.05, 0.1) is 12.2 Å². The van der Waals surface area contributed by atoms with Crippen LogP contribution in [0.5, 0.6) is 0 Å². The topological polar surface area (TPSA) is 55.4 Å². The first-order valence-corrected chi connectivity index (χ1v) is 7.35. The maximum atomic E-state index is 13.9. The van der Waals surface area contributed by atoms with Crippen LogP contribution in [0.2, 0.25) is 0 Å². The SMILES string of the molecule is CCOC(=O)C(=CNCCCl)C(=O)c1c(C)c(F)c(F)c(F)c1F. The van der Waals surface area contributed by atoms with Crippen molar-refractivity contribution >= 4 is 23.4 Å². The van der Waals surface area contributed by atoms with E-state index in [-0.39, 0.29) is 19.0 Å². The van der Waals surface area contributed by atoms with E-state index < -0.39 is 51.7 Å². The van der Waals surface area contributed by atoms with Gasteiger partial charge in [-0.05, 0) is 13.8 Å². The van der Waals surface area contributed by atoms with E-state index in [1.807, 2.05) is 0 Å². The lowest BCUT2D eigenvalue weighted by Gasteiger charge is -2.12. The number of carbonyl (C=O) groups is 2. The Morgan fingerprint density at radius 1 is 1.12 bits per heavy atom. The molecule has 0 aliphatic carbocycles. The lowest BCUT2D eigenvalue weighted by molar-refractivity contribution is -0.138. The van der Waals surface area contributed by atoms with Crippen molar-refractivity contribution in [2.45, 2.75) is 13.8 Å². The van der Waals surface area contributed by atoms with E-state index in [2.05, 4.69) is 10.1 Å². The predicted octanol–water partition coefficient (Wildman–Crippen LogP) is 3.01. The summed E-state index contributed by atoms with van der Waals surface area (Å²) in [6.45, 7) is 2.43. The van der Waals surface area contributed by atoms with Gasteiger partial charge in [0, 0.05) is 24.2 Å². The summed E-state index contributed by atoms with van der Waals surface area (Å²) in [6, 6.07) is 0. The molecule has 0 amide bonds. The number of benzene rings is 1. The van der Waals surface area contributed by atoms with E-state index in [0.717, 1.165) is 13.1 Å². The Bertz CT molecular complexity index is 663. The number of Topliss-reactive ketones (excluding diaryl/α,β-unsaturated/α-hetero) is 1. The molecule has 0 bridgehead atoms. The summed E-state index contributed by atoms with van der Waals surface area (Å²) in [7, 11) is 0. The van der Waals surface area contributed by atoms with Crippen LogP contribution in [0, 0.1) is 30.2 Å². The second-order valence-electron chi connectivity index (χ2n) is 4.51. The summed E-state index contributed by atoms with van der Waals surface area (Å²) in [5.41, 5.74) is -2.54. The van der Waals surface area contributed by atoms with Crippen LogP contribution in [0.1, 0.15) is 22.8 Å². The third kappa shape index (κ3) is 4.05. The second kappa shape index (κ2) is 8.68. The van der Waals surface area contributed by atoms with Crippen molar-refractivity contribution in [3.8, 4) is 0 Å². The first kappa shape index (κ1) is 20.0. The van der Waals surface area contributed by atoms with E-state index in [1.54, 1.807) is 0 Å². The molecule has 24 heavy (non-hydrogen) atoms. The molecule has 0 heterocycles. The number of ketones is 1. The molecule has 0 spiro atoms. The molecule has 1 aromatic carbocycles. The summed E-state index contributed by atoms with van der Waals surface area (Å²) >= 11 is 5.44. The smallest absolute Gasteiger partial charge is 0.343 e. The van der Waals surface area contributed by atoms with Gasteiger partial charge in [-0.25, -0.2) is 22.4 Å². The van der Waals surface area contributed by atoms with Crippen LogP contribution in [0.15, 0.2) is 11.8 Å². The van der Waals surface area contributed by atoms with Gasteiger partial charge in [-0.15, -0.1) is 11.6 Å². The average molecular weight is 368 g/mol. The summed E-state index contributed by atoms with van der Waals surface area (Å²) < 4.78 is 58.8. The number of halogens is 5. The molecule has 0 unspecified atom stereocenters. The third-order valence-corrected chi connectivity index (χ3v) is 3.14. The fourth-order valence-corrected chi connectivity index (χ4v) is 1.91. The van der Waals surface area contributed by atoms with Crippen LogP contribution in [0.4, 0.5) is 17.6 Å². The minimum atomic E-state index is -2.14. The highest BCUT2D eigenvalue weighted by atomic mass is 35.5. The number of alkyl halides is 1. The van der Waals surface area contributed by atoms with E-state index in [1.165, 1.54) is 6.92 Å². The molecule has 1 aromatic rings. The molecule has 0 aromatic heterocycles. The lowest BCUT2D eigenvalue weighted by atomic mass is 9.97. The van der Waals surface area contributed by atoms with Crippen molar-refractivity contribution in [2.24, 2.45) is 0 Å². The Morgan fingerprint density at radius 2 is 1.71 bits per heavy atom. The quantitative estimate of drug-likeness (QED) is 0.0769. The highest BCUT2D eigenvalue weighted by molar-refractivity contribution is 6.24. The van der Waals surface area contributed by atoms with Crippen LogP contribution in [-0.2, 0) is 9.53 Å². The Hall–Kier alpha value is -2.09. The predicted molar refractivity (Wildman–Crippen MR) is 78.8 cm³/mol. The number of hydrogen-bond donors (Lipinski definition) is 1. The zero-order valence-electron chi connectivity index (χ0n) is 12.8. The lowest BCUT2D eigenvalue weighted by Crippen LogP contribution is -2.23. The molecule has 0 radical (unpaired) electrons. The number of nitrogens with one attached hydrogen (secondary N) is 1. The summed E-state index contributed by atoms with van der Waals surface area (Å²) in [5, 5.41) is 2.51. The van der Waals surface area contributed by atoms with Gasteiger partial charge in [0.25, 0.3) is 0 Å². The molecule has 1 N–H and O–H groups in total. The number of ether oxygens (including phenoxy) is 1. The van der Waals surface area contributed by atoms with Crippen LogP contribution in [0.3, 0.4) is 0 Å². The molecular formula is C15H14ClF4NO3. The highest BCUT2D eigenvalue weighted by Gasteiger charge is 2.31. The highest BCUT2D eigenvalue weighted by Crippen LogP contribution is 2.26. The van der Waals surface area contributed by atoms with Crippen LogP contribution < -0.4 is 5.32 Å². The Labute approximate surface area is 140 Å². The molecule has 9 heteroatoms. The zero-order chi connectivity index (χ0) is 18.4. The van der Waals surface area contributed by atoms with Crippen molar-refractivity contribution in [3.05, 3.63) is 46.2 Å². The second-order valence-corrected chi connectivity index (χ2v) is 4.88. The monoisotopic (exact) mass is 367 g/mol. The third-order valence-electron chi connectivity index (χ3n) is 2.95. The Kier molecular flexibility index (Phi) is 7.21. The van der Waals surface area contributed by atoms with E-state index in [0.29, 0.717) is 0 Å². The van der Waals surface area contributed by atoms with Crippen molar-refractivity contribution in [2.75, 3.05) is 19.0 Å². The number of rotatable bonds is 7. The molecule has 0 saturated heterocycles. The van der Waals surface area contributed by atoms with Crippen molar-refractivity contribution in [3.63, 3.8) is 0 Å². The van der Waals surface area contributed by atoms with Gasteiger partial charge >= 0.3 is 5.97 Å². The Morgan fingerprint density at radius 3 is 2.25 bits per heavy atom. The summed E-state index contributed by atoms with van der Waals surface area (Å²) in [6.07, 6.45) is 0.904. The molecule has 132 valence electrons. The van der Waals surface area contributed by atoms with Crippen LogP contribution >= 0.6 is 11.6 Å². The Balaban J connectivity index is 3.44. The van der Waals surface area contributed by atoms with Crippen molar-refractivity contribution in [1.29, 1.82) is 0 Å². The standard InChI is InChI=1S/C15H14ClF4NO3/c1-3-24-15(23)8(6-21-5-4-16)14(22)9-7(2)10(17)12(19)13(20)11(9)18/h6,21H,3-5H2,1-2H3. The fourth-order valence-electron chi connectivity index (χ4n) is 1.80. The van der Waals surface area contributed by atoms with Gasteiger partial charge in [0.1, 0.15) is 5.57 Å². The molecular weight excluding hydrogens is 354 g/mol. The molecule has 0 fully saturated rings. The molecule has 0 saturated carbocycles. The molecule has 0 aliphatic rings. The number of carbonyl (C=O) groups excluding carboxylic acids is 2. The zero-order valence-corrected chi connectivity index (χ0v) is 13.6. The summed E-state index contributed by atoms with van der Waals surface area (Å²) in [5.74, 6) is -10.1. The van der Waals surface area contributed by atoms with Crippen molar-refractivity contribution in [1.82, 2.24) is 5.32 Å². The van der Waals surface area contributed by atoms with E-state index in [9.17, 15) is 27.2 Å². The van der Waals surface area contributed by atoms with Crippen LogP contribution in [0.25, 0.3) is 0 Å². The first-order chi connectivity index (χ1) is 11.3. The number of hydrogen-bond acceptors (Lipinski definition) is 4. The van der Waals surface area contributed by atoms with Gasteiger partial charge < -0.3 is 10.1 Å². The average Bonchev–Trinajstić information content (AvgIpc) is 2.55. The number of esters is 1. The maximum absolute atomic E-state index is 13.9. The van der Waals surface area contributed by atoms with E-state index >= 15 is 0 Å². The van der Waals surface area contributed by atoms with E-state index in [4.69, 9.17) is 11.6 Å². The summed E-state index contributed by atoms with van der Waals surface area (Å²) in [4.78, 5) is 24.2. The van der Waals surface area contributed by atoms with Gasteiger partial charge in [-0.2, -0.15) is 0 Å². The first-order valence-electron chi connectivity index (χ1n) is 6.81. The molecule has 4 nitrogen and oxygen atoms in total. The van der Waals surface area contributed by atoms with Gasteiger partial charge in [-0.3, -0.25) is 4.79 Å².